The van der Waals surface area contributed by atoms with Gasteiger partial charge in [0.15, 0.2) is 0 Å². The maximum Gasteiger partial charge on any atom is 0.416 e. The molecule has 1 aromatic carbocycles. The van der Waals surface area contributed by atoms with Crippen molar-refractivity contribution in [3.8, 4) is 12.3 Å². The molecule has 1 aliphatic carbocycles. The van der Waals surface area contributed by atoms with Gasteiger partial charge in [-0.1, -0.05) is 5.92 Å². The molecule has 1 aromatic heterocycles. The topological polar surface area (TPSA) is 111 Å². The summed E-state index contributed by atoms with van der Waals surface area (Å²) in [7, 11) is 0. The van der Waals surface area contributed by atoms with Crippen molar-refractivity contribution in [3.63, 3.8) is 0 Å². The highest BCUT2D eigenvalue weighted by Crippen LogP contribution is 2.35. The molecule has 1 aliphatic heterocycles. The van der Waals surface area contributed by atoms with Crippen LogP contribution in [0.5, 0.6) is 0 Å². The van der Waals surface area contributed by atoms with Crippen LogP contribution in [0.4, 0.5) is 19.0 Å². The summed E-state index contributed by atoms with van der Waals surface area (Å²) < 4.78 is 39.1. The summed E-state index contributed by atoms with van der Waals surface area (Å²) in [6.45, 7) is 1.19. The van der Waals surface area contributed by atoms with E-state index in [1.165, 1.54) is 12.4 Å². The maximum absolute atomic E-state index is 13.0. The Bertz CT molecular complexity index is 1090. The molecule has 2 fully saturated rings. The van der Waals surface area contributed by atoms with Gasteiger partial charge in [0.2, 0.25) is 5.91 Å². The molecule has 1 amide bonds. The molecule has 11 heteroatoms. The van der Waals surface area contributed by atoms with Crippen molar-refractivity contribution in [2.75, 3.05) is 25.0 Å². The van der Waals surface area contributed by atoms with Crippen LogP contribution in [-0.4, -0.2) is 74.4 Å². The molecule has 1 saturated carbocycles. The molecule has 182 valence electrons. The monoisotopic (exact) mass is 477 g/mol. The van der Waals surface area contributed by atoms with Gasteiger partial charge in [-0.3, -0.25) is 9.69 Å². The number of carbonyl (C=O) groups excluding carboxylic acids is 1. The minimum atomic E-state index is -4.49. The van der Waals surface area contributed by atoms with Crippen LogP contribution < -0.4 is 10.6 Å². The van der Waals surface area contributed by atoms with Gasteiger partial charge in [0.1, 0.15) is 23.9 Å². The van der Waals surface area contributed by atoms with Gasteiger partial charge in [0, 0.05) is 24.5 Å². The number of rotatable bonds is 6. The van der Waals surface area contributed by atoms with E-state index in [0.717, 1.165) is 12.1 Å². The van der Waals surface area contributed by atoms with E-state index in [2.05, 4.69) is 31.4 Å². The molecule has 8 nitrogen and oxygen atoms in total. The van der Waals surface area contributed by atoms with Gasteiger partial charge in [0.25, 0.3) is 0 Å². The Kier molecular flexibility index (Phi) is 6.66. The van der Waals surface area contributed by atoms with Gasteiger partial charge in [-0.05, 0) is 43.9 Å². The molecular weight excluding hydrogens is 451 g/mol. The lowest BCUT2D eigenvalue weighted by Gasteiger charge is -2.48. The molecule has 4 rings (SSSR count). The minimum absolute atomic E-state index is 0.0367. The van der Waals surface area contributed by atoms with Crippen molar-refractivity contribution >= 4 is 22.6 Å². The highest BCUT2D eigenvalue weighted by Gasteiger charge is 2.42. The van der Waals surface area contributed by atoms with Crippen molar-refractivity contribution in [2.45, 2.75) is 55.6 Å². The Labute approximate surface area is 194 Å². The average Bonchev–Trinajstić information content (AvgIpc) is 2.79. The second-order valence-corrected chi connectivity index (χ2v) is 8.93. The predicted molar refractivity (Wildman–Crippen MR) is 119 cm³/mol. The molecule has 0 radical (unpaired) electrons. The van der Waals surface area contributed by atoms with Gasteiger partial charge in [-0.25, -0.2) is 9.97 Å². The SMILES string of the molecule is C#CC(O)[C@]1(O)CC[C@H](N2CC(NC(=O)CNc3ncnc4ccc(C(F)(F)F)cc34)C2)CC1. The van der Waals surface area contributed by atoms with E-state index in [0.29, 0.717) is 44.3 Å². The number of alkyl halides is 3. The first-order valence-corrected chi connectivity index (χ1v) is 11.0. The molecule has 0 spiro atoms. The maximum atomic E-state index is 13.0. The normalized spacial score (nSPS) is 24.8. The quantitative estimate of drug-likeness (QED) is 0.467. The van der Waals surface area contributed by atoms with Crippen LogP contribution in [0, 0.1) is 12.3 Å². The molecule has 1 unspecified atom stereocenters. The first-order valence-electron chi connectivity index (χ1n) is 11.0. The third-order valence-corrected chi connectivity index (χ3v) is 6.66. The number of carbonyl (C=O) groups is 1. The van der Waals surface area contributed by atoms with Gasteiger partial charge in [-0.15, -0.1) is 6.42 Å². The number of amides is 1. The second-order valence-electron chi connectivity index (χ2n) is 8.93. The Balaban J connectivity index is 1.25. The summed E-state index contributed by atoms with van der Waals surface area (Å²) in [6, 6.07) is 3.41. The molecule has 2 aliphatic rings. The van der Waals surface area contributed by atoms with E-state index in [1.54, 1.807) is 0 Å². The van der Waals surface area contributed by atoms with E-state index in [1.807, 2.05) is 0 Å². The Morgan fingerprint density at radius 2 is 2.00 bits per heavy atom. The van der Waals surface area contributed by atoms with Crippen LogP contribution in [0.25, 0.3) is 10.9 Å². The smallest absolute Gasteiger partial charge is 0.386 e. The summed E-state index contributed by atoms with van der Waals surface area (Å²) in [5.74, 6) is 2.06. The Hall–Kier alpha value is -2.94. The second kappa shape index (κ2) is 9.37. The van der Waals surface area contributed by atoms with Crippen molar-refractivity contribution in [1.29, 1.82) is 0 Å². The summed E-state index contributed by atoms with van der Waals surface area (Å²) in [4.78, 5) is 22.5. The summed E-state index contributed by atoms with van der Waals surface area (Å²) in [5.41, 5.74) is -1.71. The van der Waals surface area contributed by atoms with Crippen LogP contribution in [0.15, 0.2) is 24.5 Å². The number of aliphatic hydroxyl groups is 2. The van der Waals surface area contributed by atoms with Crippen LogP contribution in [0.2, 0.25) is 0 Å². The lowest BCUT2D eigenvalue weighted by Crippen LogP contribution is -2.63. The largest absolute Gasteiger partial charge is 0.416 e. The van der Waals surface area contributed by atoms with E-state index in [4.69, 9.17) is 6.42 Å². The highest BCUT2D eigenvalue weighted by molar-refractivity contribution is 5.91. The highest BCUT2D eigenvalue weighted by atomic mass is 19.4. The molecule has 2 aromatic rings. The average molecular weight is 477 g/mol. The standard InChI is InChI=1S/C23H26F3N5O3/c1-2-19(32)22(34)7-5-16(6-8-22)31-11-15(12-31)30-20(33)10-27-21-17-9-14(23(24,25)26)3-4-18(17)28-13-29-21/h1,3-4,9,13,15-16,19,32,34H,5-8,10-12H2,(H,30,33)(H,27,28,29)/t16-,19?,22-. The zero-order valence-electron chi connectivity index (χ0n) is 18.3. The van der Waals surface area contributed by atoms with Crippen molar-refractivity contribution in [2.24, 2.45) is 0 Å². The number of hydrogen-bond acceptors (Lipinski definition) is 7. The van der Waals surface area contributed by atoms with Crippen LogP contribution in [-0.2, 0) is 11.0 Å². The third-order valence-electron chi connectivity index (χ3n) is 6.66. The zero-order chi connectivity index (χ0) is 24.5. The number of hydrogen-bond donors (Lipinski definition) is 4. The van der Waals surface area contributed by atoms with E-state index in [-0.39, 0.29) is 35.7 Å². The summed E-state index contributed by atoms with van der Waals surface area (Å²) in [5, 5.41) is 26.1. The zero-order valence-corrected chi connectivity index (χ0v) is 18.3. The number of aliphatic hydroxyl groups excluding tert-OH is 1. The Morgan fingerprint density at radius 1 is 1.29 bits per heavy atom. The molecule has 4 N–H and O–H groups in total. The van der Waals surface area contributed by atoms with Gasteiger partial charge >= 0.3 is 6.18 Å². The lowest BCUT2D eigenvalue weighted by molar-refractivity contribution is -0.137. The lowest BCUT2D eigenvalue weighted by atomic mass is 9.77. The molecule has 0 bridgehead atoms. The first kappa shape index (κ1) is 24.2. The van der Waals surface area contributed by atoms with Crippen molar-refractivity contribution in [3.05, 3.63) is 30.1 Å². The van der Waals surface area contributed by atoms with Crippen LogP contribution in [0.1, 0.15) is 31.2 Å². The fourth-order valence-corrected chi connectivity index (χ4v) is 4.61. The Morgan fingerprint density at radius 3 is 2.65 bits per heavy atom. The van der Waals surface area contributed by atoms with Gasteiger partial charge in [0.05, 0.1) is 23.7 Å². The van der Waals surface area contributed by atoms with Crippen LogP contribution in [0.3, 0.4) is 0 Å². The fraction of sp³-hybridized carbons (Fsp3) is 0.522. The third kappa shape index (κ3) is 5.09. The number of nitrogens with one attached hydrogen (secondary N) is 2. The number of aromatic nitrogens is 2. The number of nitrogens with zero attached hydrogens (tertiary/aromatic N) is 3. The molecule has 34 heavy (non-hydrogen) atoms. The number of anilines is 1. The van der Waals surface area contributed by atoms with Crippen LogP contribution >= 0.6 is 0 Å². The molecule has 1 atom stereocenters. The number of benzene rings is 1. The molecule has 2 heterocycles. The predicted octanol–water partition coefficient (Wildman–Crippen LogP) is 1.53. The number of likely N-dealkylation sites (tertiary alicyclic amines) is 1. The number of halogens is 3. The van der Waals surface area contributed by atoms with E-state index >= 15 is 0 Å². The molecule has 1 saturated heterocycles. The van der Waals surface area contributed by atoms with Crippen molar-refractivity contribution in [1.82, 2.24) is 20.2 Å². The van der Waals surface area contributed by atoms with Crippen molar-refractivity contribution < 1.29 is 28.2 Å². The minimum Gasteiger partial charge on any atom is -0.386 e. The molecular formula is C23H26F3N5O3. The van der Waals surface area contributed by atoms with Gasteiger partial charge < -0.3 is 20.8 Å². The van der Waals surface area contributed by atoms with E-state index < -0.39 is 23.4 Å². The van der Waals surface area contributed by atoms with Gasteiger partial charge in [-0.2, -0.15) is 13.2 Å². The summed E-state index contributed by atoms with van der Waals surface area (Å²) in [6.07, 6.45) is 3.05. The number of terminal acetylenes is 1. The first-order chi connectivity index (χ1) is 16.1. The fourth-order valence-electron chi connectivity index (χ4n) is 4.61. The summed E-state index contributed by atoms with van der Waals surface area (Å²) >= 11 is 0. The van der Waals surface area contributed by atoms with E-state index in [9.17, 15) is 28.2 Å². The number of fused-ring (bicyclic) bond motifs is 1.